The summed E-state index contributed by atoms with van der Waals surface area (Å²) in [6.07, 6.45) is 8.49. The lowest BCUT2D eigenvalue weighted by atomic mass is 9.97. The van der Waals surface area contributed by atoms with Gasteiger partial charge in [0, 0.05) is 16.6 Å². The molecule has 1 aromatic carbocycles. The van der Waals surface area contributed by atoms with Crippen molar-refractivity contribution in [2.24, 2.45) is 17.2 Å². The summed E-state index contributed by atoms with van der Waals surface area (Å²) >= 11 is 11.2. The first-order valence-corrected chi connectivity index (χ1v) is 9.41. The second kappa shape index (κ2) is 14.9. The number of carboxylic acids is 1. The van der Waals surface area contributed by atoms with Gasteiger partial charge in [-0.15, -0.1) is 0 Å². The summed E-state index contributed by atoms with van der Waals surface area (Å²) in [5, 5.41) is 9.17. The number of carboxylic acid groups (broad SMARTS) is 1. The predicted octanol–water partition coefficient (Wildman–Crippen LogP) is 3.22. The third kappa shape index (κ3) is 12.2. The van der Waals surface area contributed by atoms with E-state index in [1.54, 1.807) is 12.1 Å². The highest BCUT2D eigenvalue weighted by molar-refractivity contribution is 6.36. The molecular formula is C18H29Cl2N3O3. The summed E-state index contributed by atoms with van der Waals surface area (Å²) in [4.78, 5) is 20.3. The molecule has 0 bridgehead atoms. The molecule has 0 amide bonds. The van der Waals surface area contributed by atoms with Gasteiger partial charge < -0.3 is 22.3 Å². The van der Waals surface area contributed by atoms with Crippen LogP contribution in [-0.4, -0.2) is 36.0 Å². The summed E-state index contributed by atoms with van der Waals surface area (Å²) in [7, 11) is 0. The number of hydrogen-bond acceptors (Lipinski definition) is 5. The van der Waals surface area contributed by atoms with E-state index >= 15 is 0 Å². The number of aliphatic carboxylic acids is 1. The maximum Gasteiger partial charge on any atom is 0.320 e. The zero-order valence-electron chi connectivity index (χ0n) is 14.9. The number of halogens is 2. The van der Waals surface area contributed by atoms with Crippen molar-refractivity contribution >= 4 is 35.5 Å². The van der Waals surface area contributed by atoms with Crippen molar-refractivity contribution in [2.45, 2.75) is 57.0 Å². The maximum absolute atomic E-state index is 10.2. The van der Waals surface area contributed by atoms with Crippen LogP contribution in [0.15, 0.2) is 18.2 Å². The Morgan fingerprint density at radius 2 is 1.88 bits per heavy atom. The summed E-state index contributed by atoms with van der Waals surface area (Å²) in [5.41, 5.74) is 16.4. The quantitative estimate of drug-likeness (QED) is 0.555. The molecule has 2 rings (SSSR count). The Morgan fingerprint density at radius 3 is 2.27 bits per heavy atom. The van der Waals surface area contributed by atoms with E-state index in [1.165, 1.54) is 38.2 Å². The van der Waals surface area contributed by atoms with Crippen LogP contribution in [0.5, 0.6) is 0 Å². The molecule has 1 aliphatic carbocycles. The van der Waals surface area contributed by atoms with Gasteiger partial charge in [-0.2, -0.15) is 0 Å². The number of aldehydes is 1. The molecule has 0 unspecified atom stereocenters. The fourth-order valence-electron chi connectivity index (χ4n) is 2.19. The first-order valence-electron chi connectivity index (χ1n) is 8.66. The fourth-order valence-corrected chi connectivity index (χ4v) is 2.65. The Kier molecular flexibility index (Phi) is 14.3. The monoisotopic (exact) mass is 405 g/mol. The molecule has 1 atom stereocenters. The largest absolute Gasteiger partial charge is 0.480 e. The van der Waals surface area contributed by atoms with Crippen LogP contribution in [0.2, 0.25) is 10.0 Å². The van der Waals surface area contributed by atoms with Gasteiger partial charge >= 0.3 is 5.97 Å². The van der Waals surface area contributed by atoms with Crippen molar-refractivity contribution in [2.75, 3.05) is 6.54 Å². The molecule has 1 aromatic rings. The third-order valence-electron chi connectivity index (χ3n) is 3.78. The highest BCUT2D eigenvalue weighted by atomic mass is 35.5. The van der Waals surface area contributed by atoms with E-state index in [0.717, 1.165) is 0 Å². The van der Waals surface area contributed by atoms with Crippen LogP contribution in [-0.2, 0) is 4.79 Å². The van der Waals surface area contributed by atoms with Crippen LogP contribution >= 0.6 is 23.2 Å². The summed E-state index contributed by atoms with van der Waals surface area (Å²) in [6.45, 7) is 0.501. The van der Waals surface area contributed by atoms with Crippen molar-refractivity contribution in [1.82, 2.24) is 0 Å². The van der Waals surface area contributed by atoms with Crippen LogP contribution in [0.4, 0.5) is 0 Å². The van der Waals surface area contributed by atoms with Gasteiger partial charge in [-0.1, -0.05) is 42.5 Å². The van der Waals surface area contributed by atoms with Crippen molar-refractivity contribution in [1.29, 1.82) is 0 Å². The van der Waals surface area contributed by atoms with Crippen molar-refractivity contribution in [3.8, 4) is 0 Å². The van der Waals surface area contributed by atoms with Gasteiger partial charge in [-0.3, -0.25) is 9.59 Å². The molecule has 7 N–H and O–H groups in total. The Morgan fingerprint density at radius 1 is 1.27 bits per heavy atom. The van der Waals surface area contributed by atoms with Gasteiger partial charge in [-0.25, -0.2) is 0 Å². The van der Waals surface area contributed by atoms with E-state index in [-0.39, 0.29) is 0 Å². The van der Waals surface area contributed by atoms with E-state index in [1.807, 2.05) is 0 Å². The SMILES string of the molecule is NC1CCCCC1.NCCC[C@H](N)C(=O)O.O=Cc1ccc(Cl)cc1Cl. The minimum Gasteiger partial charge on any atom is -0.480 e. The molecule has 0 spiro atoms. The van der Waals surface area contributed by atoms with Crippen LogP contribution < -0.4 is 17.2 Å². The van der Waals surface area contributed by atoms with E-state index < -0.39 is 12.0 Å². The minimum absolute atomic E-state index is 0.391. The number of nitrogens with two attached hydrogens (primary N) is 3. The molecule has 0 aromatic heterocycles. The second-order valence-electron chi connectivity index (χ2n) is 6.06. The molecule has 0 radical (unpaired) electrons. The molecule has 0 aliphatic heterocycles. The molecule has 1 saturated carbocycles. The molecule has 0 heterocycles. The lowest BCUT2D eigenvalue weighted by Crippen LogP contribution is -2.30. The minimum atomic E-state index is -0.955. The number of benzene rings is 1. The molecule has 6 nitrogen and oxygen atoms in total. The van der Waals surface area contributed by atoms with E-state index in [9.17, 15) is 9.59 Å². The first kappa shape index (κ1) is 24.8. The molecular weight excluding hydrogens is 377 g/mol. The Balaban J connectivity index is 0.000000366. The van der Waals surface area contributed by atoms with Crippen molar-refractivity contribution in [3.05, 3.63) is 33.8 Å². The third-order valence-corrected chi connectivity index (χ3v) is 4.34. The van der Waals surface area contributed by atoms with Crippen LogP contribution in [0.3, 0.4) is 0 Å². The number of hydrogen-bond donors (Lipinski definition) is 4. The van der Waals surface area contributed by atoms with Crippen molar-refractivity contribution in [3.63, 3.8) is 0 Å². The van der Waals surface area contributed by atoms with E-state index in [2.05, 4.69) is 0 Å². The Hall–Kier alpha value is -1.18. The van der Waals surface area contributed by atoms with Crippen LogP contribution in [0.1, 0.15) is 55.3 Å². The first-order chi connectivity index (χ1) is 12.3. The van der Waals surface area contributed by atoms with Gasteiger partial charge in [-0.05, 0) is 50.4 Å². The van der Waals surface area contributed by atoms with Crippen molar-refractivity contribution < 1.29 is 14.7 Å². The van der Waals surface area contributed by atoms with Gasteiger partial charge in [0.25, 0.3) is 0 Å². The average molecular weight is 406 g/mol. The second-order valence-corrected chi connectivity index (χ2v) is 6.90. The lowest BCUT2D eigenvalue weighted by Gasteiger charge is -2.15. The lowest BCUT2D eigenvalue weighted by molar-refractivity contribution is -0.138. The van der Waals surface area contributed by atoms with Gasteiger partial charge in [0.05, 0.1) is 5.02 Å². The standard InChI is InChI=1S/C7H4Cl2O.C6H13N.C5H12N2O2/c8-6-2-1-5(4-10)7(9)3-6;7-6-4-2-1-3-5-6;6-3-1-2-4(7)5(8)9/h1-4H;6H,1-5,7H2;4H,1-3,6-7H2,(H,8,9)/t;;4-/m..0/s1. The summed E-state index contributed by atoms with van der Waals surface area (Å²) in [5.74, 6) is -0.955. The molecule has 148 valence electrons. The molecule has 8 heteroatoms. The summed E-state index contributed by atoms with van der Waals surface area (Å²) < 4.78 is 0. The normalized spacial score (nSPS) is 15.0. The summed E-state index contributed by atoms with van der Waals surface area (Å²) in [6, 6.07) is 4.53. The van der Waals surface area contributed by atoms with E-state index in [0.29, 0.717) is 47.3 Å². The Labute approximate surface area is 165 Å². The number of carbonyl (C=O) groups excluding carboxylic acids is 1. The Bertz CT molecular complexity index is 538. The zero-order valence-corrected chi connectivity index (χ0v) is 16.4. The van der Waals surface area contributed by atoms with Crippen LogP contribution in [0.25, 0.3) is 0 Å². The molecule has 0 saturated heterocycles. The fraction of sp³-hybridized carbons (Fsp3) is 0.556. The number of carbonyl (C=O) groups is 2. The zero-order chi connectivity index (χ0) is 19.9. The topological polar surface area (TPSA) is 132 Å². The molecule has 1 fully saturated rings. The molecule has 26 heavy (non-hydrogen) atoms. The highest BCUT2D eigenvalue weighted by Gasteiger charge is 2.08. The predicted molar refractivity (Wildman–Crippen MR) is 107 cm³/mol. The van der Waals surface area contributed by atoms with Gasteiger partial charge in [0.2, 0.25) is 0 Å². The molecule has 1 aliphatic rings. The van der Waals surface area contributed by atoms with E-state index in [4.69, 9.17) is 45.5 Å². The average Bonchev–Trinajstić information content (AvgIpc) is 2.61. The smallest absolute Gasteiger partial charge is 0.320 e. The maximum atomic E-state index is 10.2. The van der Waals surface area contributed by atoms with Gasteiger partial charge in [0.1, 0.15) is 6.04 Å². The highest BCUT2D eigenvalue weighted by Crippen LogP contribution is 2.19. The number of rotatable bonds is 5. The van der Waals surface area contributed by atoms with Crippen LogP contribution in [0, 0.1) is 0 Å². The van der Waals surface area contributed by atoms with Gasteiger partial charge in [0.15, 0.2) is 6.29 Å².